The van der Waals surface area contributed by atoms with Gasteiger partial charge in [0.1, 0.15) is 17.2 Å². The number of ether oxygens (including phenoxy) is 1. The minimum absolute atomic E-state index is 0.0380. The molecule has 0 saturated carbocycles. The van der Waals surface area contributed by atoms with E-state index >= 15 is 0 Å². The highest BCUT2D eigenvalue weighted by Gasteiger charge is 2.25. The SMILES string of the molecule is CCOC(=O)N1CCN(C(=O)CSc2ncnc3c2nnn3Cc2ccc(F)cc2)CC1. The van der Waals surface area contributed by atoms with Crippen LogP contribution in [0.5, 0.6) is 0 Å². The Balaban J connectivity index is 1.36. The first kappa shape index (κ1) is 21.9. The van der Waals surface area contributed by atoms with E-state index in [0.29, 0.717) is 55.5 Å². The average molecular weight is 460 g/mol. The Bertz CT molecular complexity index is 1100. The fraction of sp³-hybridized carbons (Fsp3) is 0.400. The van der Waals surface area contributed by atoms with Crippen molar-refractivity contribution in [1.29, 1.82) is 0 Å². The molecule has 32 heavy (non-hydrogen) atoms. The molecule has 0 spiro atoms. The Morgan fingerprint density at radius 3 is 2.53 bits per heavy atom. The van der Waals surface area contributed by atoms with Crippen LogP contribution in [0.3, 0.4) is 0 Å². The van der Waals surface area contributed by atoms with E-state index in [-0.39, 0.29) is 23.6 Å². The van der Waals surface area contributed by atoms with Crippen molar-refractivity contribution in [1.82, 2.24) is 34.8 Å². The fourth-order valence-corrected chi connectivity index (χ4v) is 4.15. The van der Waals surface area contributed by atoms with Crippen LogP contribution in [-0.4, -0.2) is 85.3 Å². The third kappa shape index (κ3) is 4.96. The second kappa shape index (κ2) is 9.90. The van der Waals surface area contributed by atoms with Gasteiger partial charge >= 0.3 is 6.09 Å². The zero-order chi connectivity index (χ0) is 22.5. The molecule has 0 atom stereocenters. The number of rotatable bonds is 6. The van der Waals surface area contributed by atoms with Gasteiger partial charge in [0.15, 0.2) is 11.2 Å². The van der Waals surface area contributed by atoms with Crippen molar-refractivity contribution >= 4 is 34.9 Å². The van der Waals surface area contributed by atoms with Crippen LogP contribution in [0.1, 0.15) is 12.5 Å². The fourth-order valence-electron chi connectivity index (χ4n) is 3.32. The molecule has 3 heterocycles. The molecule has 1 fully saturated rings. The summed E-state index contributed by atoms with van der Waals surface area (Å²) in [5.41, 5.74) is 1.92. The van der Waals surface area contributed by atoms with Gasteiger partial charge < -0.3 is 14.5 Å². The lowest BCUT2D eigenvalue weighted by atomic mass is 10.2. The van der Waals surface area contributed by atoms with Gasteiger partial charge in [-0.2, -0.15) is 0 Å². The smallest absolute Gasteiger partial charge is 0.409 e. The summed E-state index contributed by atoms with van der Waals surface area (Å²) in [4.78, 5) is 36.3. The van der Waals surface area contributed by atoms with E-state index in [0.717, 1.165) is 5.56 Å². The van der Waals surface area contributed by atoms with E-state index in [2.05, 4.69) is 20.3 Å². The van der Waals surface area contributed by atoms with Crippen LogP contribution in [0.25, 0.3) is 11.2 Å². The van der Waals surface area contributed by atoms with Gasteiger partial charge in [-0.05, 0) is 24.6 Å². The number of thioether (sulfide) groups is 1. The molecule has 0 bridgehead atoms. The number of carbonyl (C=O) groups is 2. The predicted molar refractivity (Wildman–Crippen MR) is 115 cm³/mol. The number of hydrogen-bond acceptors (Lipinski definition) is 8. The standard InChI is InChI=1S/C20H22FN7O3S/c1-2-31-20(30)27-9-7-26(8-10-27)16(29)12-32-19-17-18(22-13-23-19)28(25-24-17)11-14-3-5-15(21)6-4-14/h3-6,13H,2,7-12H2,1H3. The summed E-state index contributed by atoms with van der Waals surface area (Å²) < 4.78 is 19.7. The van der Waals surface area contributed by atoms with Crippen molar-refractivity contribution in [3.63, 3.8) is 0 Å². The molecule has 1 aliphatic heterocycles. The van der Waals surface area contributed by atoms with Crippen molar-refractivity contribution in [2.24, 2.45) is 0 Å². The molecular formula is C20H22FN7O3S. The molecule has 2 amide bonds. The first-order valence-electron chi connectivity index (χ1n) is 10.2. The lowest BCUT2D eigenvalue weighted by Gasteiger charge is -2.34. The van der Waals surface area contributed by atoms with E-state index in [4.69, 9.17) is 4.74 Å². The molecular weight excluding hydrogens is 437 g/mol. The number of aromatic nitrogens is 5. The summed E-state index contributed by atoms with van der Waals surface area (Å²) in [5.74, 6) is -0.148. The normalized spacial score (nSPS) is 14.1. The lowest BCUT2D eigenvalue weighted by Crippen LogP contribution is -2.51. The van der Waals surface area contributed by atoms with E-state index in [1.807, 2.05) is 0 Å². The maximum absolute atomic E-state index is 13.1. The van der Waals surface area contributed by atoms with Gasteiger partial charge in [-0.15, -0.1) is 5.10 Å². The number of amides is 2. The van der Waals surface area contributed by atoms with Crippen LogP contribution in [0.15, 0.2) is 35.6 Å². The van der Waals surface area contributed by atoms with E-state index in [9.17, 15) is 14.0 Å². The second-order valence-corrected chi connectivity index (χ2v) is 8.04. The monoisotopic (exact) mass is 459 g/mol. The first-order valence-corrected chi connectivity index (χ1v) is 11.1. The zero-order valence-corrected chi connectivity index (χ0v) is 18.3. The Labute approximate surface area is 187 Å². The largest absolute Gasteiger partial charge is 0.450 e. The minimum atomic E-state index is -0.346. The van der Waals surface area contributed by atoms with Crippen LogP contribution in [0.2, 0.25) is 0 Å². The summed E-state index contributed by atoms with van der Waals surface area (Å²) in [6, 6.07) is 6.14. The van der Waals surface area contributed by atoms with Crippen LogP contribution >= 0.6 is 11.8 Å². The molecule has 3 aromatic rings. The lowest BCUT2D eigenvalue weighted by molar-refractivity contribution is -0.129. The van der Waals surface area contributed by atoms with Crippen molar-refractivity contribution in [3.8, 4) is 0 Å². The quantitative estimate of drug-likeness (QED) is 0.406. The Hall–Kier alpha value is -3.28. The summed E-state index contributed by atoms with van der Waals surface area (Å²) in [6.07, 6.45) is 1.07. The molecule has 2 aromatic heterocycles. The summed E-state index contributed by atoms with van der Waals surface area (Å²) >= 11 is 1.28. The molecule has 1 aromatic carbocycles. The maximum atomic E-state index is 13.1. The van der Waals surface area contributed by atoms with Gasteiger partial charge in [-0.25, -0.2) is 23.8 Å². The molecule has 4 rings (SSSR count). The van der Waals surface area contributed by atoms with Gasteiger partial charge in [0.25, 0.3) is 0 Å². The van der Waals surface area contributed by atoms with Crippen LogP contribution in [0, 0.1) is 5.82 Å². The summed E-state index contributed by atoms with van der Waals surface area (Å²) in [6.45, 7) is 4.31. The third-order valence-corrected chi connectivity index (χ3v) is 5.97. The number of halogens is 1. The molecule has 0 unspecified atom stereocenters. The predicted octanol–water partition coefficient (Wildman–Crippen LogP) is 1.80. The first-order chi connectivity index (χ1) is 15.5. The van der Waals surface area contributed by atoms with Gasteiger partial charge in [0.05, 0.1) is 18.9 Å². The van der Waals surface area contributed by atoms with Crippen molar-refractivity contribution in [3.05, 3.63) is 42.0 Å². The molecule has 1 aliphatic rings. The van der Waals surface area contributed by atoms with Crippen molar-refractivity contribution < 1.29 is 18.7 Å². The molecule has 0 N–H and O–H groups in total. The maximum Gasteiger partial charge on any atom is 0.409 e. The number of benzene rings is 1. The number of fused-ring (bicyclic) bond motifs is 1. The van der Waals surface area contributed by atoms with E-state index in [1.54, 1.807) is 33.5 Å². The molecule has 0 aliphatic carbocycles. The Kier molecular flexibility index (Phi) is 6.78. The number of hydrogen-bond donors (Lipinski definition) is 0. The van der Waals surface area contributed by atoms with Crippen LogP contribution in [0.4, 0.5) is 9.18 Å². The highest BCUT2D eigenvalue weighted by molar-refractivity contribution is 8.00. The molecule has 168 valence electrons. The van der Waals surface area contributed by atoms with E-state index in [1.165, 1.54) is 30.2 Å². The third-order valence-electron chi connectivity index (χ3n) is 5.00. The number of nitrogens with zero attached hydrogens (tertiary/aromatic N) is 7. The number of piperazine rings is 1. The van der Waals surface area contributed by atoms with Crippen LogP contribution < -0.4 is 0 Å². The summed E-state index contributed by atoms with van der Waals surface area (Å²) in [7, 11) is 0. The Morgan fingerprint density at radius 2 is 1.81 bits per heavy atom. The summed E-state index contributed by atoms with van der Waals surface area (Å²) in [5, 5.41) is 8.89. The van der Waals surface area contributed by atoms with E-state index < -0.39 is 0 Å². The van der Waals surface area contributed by atoms with Crippen LogP contribution in [-0.2, 0) is 16.1 Å². The second-order valence-electron chi connectivity index (χ2n) is 7.08. The van der Waals surface area contributed by atoms with Gasteiger partial charge in [0, 0.05) is 26.2 Å². The molecule has 0 radical (unpaired) electrons. The average Bonchev–Trinajstić information content (AvgIpc) is 3.22. The van der Waals surface area contributed by atoms with Gasteiger partial charge in [-0.3, -0.25) is 4.79 Å². The zero-order valence-electron chi connectivity index (χ0n) is 17.5. The Morgan fingerprint density at radius 1 is 1.09 bits per heavy atom. The topological polar surface area (TPSA) is 106 Å². The highest BCUT2D eigenvalue weighted by Crippen LogP contribution is 2.23. The van der Waals surface area contributed by atoms with Crippen molar-refractivity contribution in [2.75, 3.05) is 38.5 Å². The number of carbonyl (C=O) groups excluding carboxylic acids is 2. The van der Waals surface area contributed by atoms with Gasteiger partial charge in [0.2, 0.25) is 5.91 Å². The van der Waals surface area contributed by atoms with Crippen molar-refractivity contribution in [2.45, 2.75) is 18.5 Å². The highest BCUT2D eigenvalue weighted by atomic mass is 32.2. The minimum Gasteiger partial charge on any atom is -0.450 e. The van der Waals surface area contributed by atoms with Gasteiger partial charge in [-0.1, -0.05) is 29.1 Å². The molecule has 12 heteroatoms. The molecule has 1 saturated heterocycles. The molecule has 10 nitrogen and oxygen atoms in total.